The molecule has 1 amide bonds. The summed E-state index contributed by atoms with van der Waals surface area (Å²) in [4.78, 5) is 23.1. The zero-order valence-electron chi connectivity index (χ0n) is 17.3. The Kier molecular flexibility index (Phi) is 7.70. The van der Waals surface area contributed by atoms with Gasteiger partial charge in [-0.15, -0.1) is 0 Å². The predicted octanol–water partition coefficient (Wildman–Crippen LogP) is 1.94. The Labute approximate surface area is 177 Å². The first-order valence-corrected chi connectivity index (χ1v) is 10.2. The van der Waals surface area contributed by atoms with Gasteiger partial charge in [0, 0.05) is 44.8 Å². The Hall–Kier alpha value is -3.03. The van der Waals surface area contributed by atoms with E-state index < -0.39 is 6.10 Å². The first-order chi connectivity index (χ1) is 14.6. The number of benzene rings is 1. The Balaban J connectivity index is 1.45. The van der Waals surface area contributed by atoms with Gasteiger partial charge in [-0.2, -0.15) is 0 Å². The molecule has 0 spiro atoms. The van der Waals surface area contributed by atoms with E-state index in [2.05, 4.69) is 44.5 Å². The molecule has 0 saturated heterocycles. The van der Waals surface area contributed by atoms with E-state index in [-0.39, 0.29) is 5.91 Å². The minimum atomic E-state index is -0.507. The number of carbonyl (C=O) groups excluding carboxylic acids is 1. The fraction of sp³-hybridized carbons (Fsp3) is 0.348. The molecule has 4 N–H and O–H groups in total. The van der Waals surface area contributed by atoms with Crippen molar-refractivity contribution < 1.29 is 9.90 Å². The fourth-order valence-corrected chi connectivity index (χ4v) is 3.58. The average molecular weight is 408 g/mol. The molecule has 1 aliphatic heterocycles. The SMILES string of the molecule is CC(=Nc1ccncc1)C(=CN)C(=O)NCCC(O)CN1CCc2ccccc2C1. The molecule has 0 bridgehead atoms. The van der Waals surface area contributed by atoms with Crippen molar-refractivity contribution in [2.45, 2.75) is 32.4 Å². The molecule has 158 valence electrons. The van der Waals surface area contributed by atoms with Crippen LogP contribution in [-0.4, -0.2) is 52.3 Å². The summed E-state index contributed by atoms with van der Waals surface area (Å²) in [6.45, 7) is 4.48. The van der Waals surface area contributed by atoms with Gasteiger partial charge in [0.1, 0.15) is 0 Å². The molecule has 0 saturated carbocycles. The molecule has 0 fully saturated rings. The van der Waals surface area contributed by atoms with Crippen molar-refractivity contribution in [2.24, 2.45) is 10.7 Å². The number of β-amino-alcohol motifs (C(OH)–C–C–N with tert-alkyl or cyclic N) is 1. The van der Waals surface area contributed by atoms with E-state index in [9.17, 15) is 9.90 Å². The summed E-state index contributed by atoms with van der Waals surface area (Å²) in [5, 5.41) is 13.2. The lowest BCUT2D eigenvalue weighted by molar-refractivity contribution is -0.117. The molecule has 7 heteroatoms. The van der Waals surface area contributed by atoms with Crippen molar-refractivity contribution in [1.29, 1.82) is 0 Å². The second-order valence-corrected chi connectivity index (χ2v) is 7.44. The zero-order valence-corrected chi connectivity index (χ0v) is 17.3. The number of pyridine rings is 1. The van der Waals surface area contributed by atoms with Crippen molar-refractivity contribution in [3.8, 4) is 0 Å². The second kappa shape index (κ2) is 10.7. The number of rotatable bonds is 8. The van der Waals surface area contributed by atoms with Crippen molar-refractivity contribution in [1.82, 2.24) is 15.2 Å². The Morgan fingerprint density at radius 2 is 2.03 bits per heavy atom. The third-order valence-electron chi connectivity index (χ3n) is 5.20. The number of fused-ring (bicyclic) bond motifs is 1. The molecule has 30 heavy (non-hydrogen) atoms. The van der Waals surface area contributed by atoms with E-state index in [4.69, 9.17) is 5.73 Å². The van der Waals surface area contributed by atoms with Crippen LogP contribution >= 0.6 is 0 Å². The minimum absolute atomic E-state index is 0.299. The number of nitrogens with one attached hydrogen (secondary N) is 1. The monoisotopic (exact) mass is 407 g/mol. The molecule has 7 nitrogen and oxygen atoms in total. The number of hydrogen-bond donors (Lipinski definition) is 3. The van der Waals surface area contributed by atoms with Gasteiger partial charge >= 0.3 is 0 Å². The van der Waals surface area contributed by atoms with Gasteiger partial charge in [-0.05, 0) is 43.0 Å². The molecule has 2 heterocycles. The summed E-state index contributed by atoms with van der Waals surface area (Å²) in [6, 6.07) is 11.9. The van der Waals surface area contributed by atoms with Crippen LogP contribution in [0.15, 0.2) is 65.6 Å². The molecule has 0 radical (unpaired) electrons. The van der Waals surface area contributed by atoms with Crippen LogP contribution in [0.4, 0.5) is 5.69 Å². The van der Waals surface area contributed by atoms with Gasteiger partial charge in [-0.3, -0.25) is 19.7 Å². The third kappa shape index (κ3) is 5.98. The summed E-state index contributed by atoms with van der Waals surface area (Å²) in [5.41, 5.74) is 9.90. The Morgan fingerprint density at radius 3 is 2.77 bits per heavy atom. The lowest BCUT2D eigenvalue weighted by atomic mass is 9.99. The van der Waals surface area contributed by atoms with Gasteiger partial charge in [0.15, 0.2) is 0 Å². The van der Waals surface area contributed by atoms with Crippen molar-refractivity contribution in [2.75, 3.05) is 19.6 Å². The van der Waals surface area contributed by atoms with Crippen LogP contribution in [0.2, 0.25) is 0 Å². The van der Waals surface area contributed by atoms with Gasteiger partial charge in [0.25, 0.3) is 5.91 Å². The molecule has 1 aromatic heterocycles. The minimum Gasteiger partial charge on any atom is -0.404 e. The second-order valence-electron chi connectivity index (χ2n) is 7.44. The van der Waals surface area contributed by atoms with E-state index >= 15 is 0 Å². The lowest BCUT2D eigenvalue weighted by Crippen LogP contribution is -2.38. The van der Waals surface area contributed by atoms with E-state index in [1.807, 2.05) is 0 Å². The van der Waals surface area contributed by atoms with E-state index in [1.54, 1.807) is 31.5 Å². The van der Waals surface area contributed by atoms with Crippen LogP contribution in [0.3, 0.4) is 0 Å². The molecule has 0 aliphatic carbocycles. The van der Waals surface area contributed by atoms with Crippen LogP contribution < -0.4 is 11.1 Å². The van der Waals surface area contributed by atoms with Crippen molar-refractivity contribution in [3.05, 3.63) is 71.7 Å². The largest absolute Gasteiger partial charge is 0.404 e. The predicted molar refractivity (Wildman–Crippen MR) is 118 cm³/mol. The van der Waals surface area contributed by atoms with E-state index in [0.29, 0.717) is 36.5 Å². The highest BCUT2D eigenvalue weighted by molar-refractivity contribution is 6.21. The Bertz CT molecular complexity index is 911. The molecule has 1 unspecified atom stereocenters. The topological polar surface area (TPSA) is 104 Å². The number of nitrogens with zero attached hydrogens (tertiary/aromatic N) is 3. The highest BCUT2D eigenvalue weighted by Crippen LogP contribution is 2.18. The summed E-state index contributed by atoms with van der Waals surface area (Å²) in [5.74, 6) is -0.299. The highest BCUT2D eigenvalue weighted by atomic mass is 16.3. The molecule has 2 aromatic rings. The fourth-order valence-electron chi connectivity index (χ4n) is 3.58. The maximum atomic E-state index is 12.5. The number of hydrogen-bond acceptors (Lipinski definition) is 6. The third-order valence-corrected chi connectivity index (χ3v) is 5.20. The van der Waals surface area contributed by atoms with Gasteiger partial charge in [0.2, 0.25) is 0 Å². The number of aromatic nitrogens is 1. The maximum absolute atomic E-state index is 12.5. The van der Waals surface area contributed by atoms with Crippen LogP contribution in [0.5, 0.6) is 0 Å². The molecule has 3 rings (SSSR count). The normalized spacial score (nSPS) is 16.1. The standard InChI is InChI=1S/C23H29N5O2/c1-17(27-20-6-10-25-11-7-20)22(14-24)23(30)26-12-8-21(29)16-28-13-9-18-4-2-3-5-19(18)15-28/h2-7,10-11,14,21,29H,8-9,12-13,15-16,24H2,1H3,(H,26,30). The number of aliphatic hydroxyl groups is 1. The zero-order chi connectivity index (χ0) is 21.3. The quantitative estimate of drug-likeness (QED) is 0.458. The molecule has 1 atom stereocenters. The van der Waals surface area contributed by atoms with Crippen LogP contribution in [-0.2, 0) is 17.8 Å². The first-order valence-electron chi connectivity index (χ1n) is 10.2. The van der Waals surface area contributed by atoms with Crippen LogP contribution in [0.25, 0.3) is 0 Å². The van der Waals surface area contributed by atoms with Gasteiger partial charge in [-0.25, -0.2) is 0 Å². The van der Waals surface area contributed by atoms with Gasteiger partial charge in [-0.1, -0.05) is 24.3 Å². The number of nitrogens with two attached hydrogens (primary N) is 1. The lowest BCUT2D eigenvalue weighted by Gasteiger charge is -2.30. The molecule has 1 aliphatic rings. The summed E-state index contributed by atoms with van der Waals surface area (Å²) < 4.78 is 0. The number of amides is 1. The van der Waals surface area contributed by atoms with E-state index in [1.165, 1.54) is 17.3 Å². The van der Waals surface area contributed by atoms with Gasteiger partial charge in [0.05, 0.1) is 23.1 Å². The number of aliphatic hydroxyl groups excluding tert-OH is 1. The molecular weight excluding hydrogens is 378 g/mol. The van der Waals surface area contributed by atoms with Crippen molar-refractivity contribution >= 4 is 17.3 Å². The molecule has 1 aromatic carbocycles. The van der Waals surface area contributed by atoms with Gasteiger partial charge < -0.3 is 16.2 Å². The average Bonchev–Trinajstić information content (AvgIpc) is 2.75. The summed E-state index contributed by atoms with van der Waals surface area (Å²) in [6.07, 6.45) is 5.51. The van der Waals surface area contributed by atoms with Crippen LogP contribution in [0, 0.1) is 0 Å². The number of aliphatic imine (C=N–C) groups is 1. The van der Waals surface area contributed by atoms with Crippen LogP contribution in [0.1, 0.15) is 24.5 Å². The summed E-state index contributed by atoms with van der Waals surface area (Å²) >= 11 is 0. The molecular formula is C23H29N5O2. The summed E-state index contributed by atoms with van der Waals surface area (Å²) in [7, 11) is 0. The van der Waals surface area contributed by atoms with Crippen molar-refractivity contribution in [3.63, 3.8) is 0 Å². The highest BCUT2D eigenvalue weighted by Gasteiger charge is 2.19. The first kappa shape index (κ1) is 21.7. The Morgan fingerprint density at radius 1 is 1.30 bits per heavy atom. The number of carbonyl (C=O) groups is 1. The van der Waals surface area contributed by atoms with E-state index in [0.717, 1.165) is 19.5 Å². The smallest absolute Gasteiger partial charge is 0.254 e. The maximum Gasteiger partial charge on any atom is 0.254 e.